The van der Waals surface area contributed by atoms with Crippen LogP contribution in [0.5, 0.6) is 0 Å². The summed E-state index contributed by atoms with van der Waals surface area (Å²) < 4.78 is 1.83. The Kier molecular flexibility index (Phi) is 6.61. The Morgan fingerprint density at radius 3 is 2.79 bits per heavy atom. The first-order valence-corrected chi connectivity index (χ1v) is 14.4. The van der Waals surface area contributed by atoms with E-state index in [-0.39, 0.29) is 11.8 Å². The number of Topliss-reactive ketones (excluding diaryl/α,β-unsaturated/α-hetero) is 1. The number of thiophene rings is 1. The Labute approximate surface area is 231 Å². The zero-order valence-corrected chi connectivity index (χ0v) is 22.9. The van der Waals surface area contributed by atoms with Crippen LogP contribution in [0.1, 0.15) is 67.3 Å². The lowest BCUT2D eigenvalue weighted by Crippen LogP contribution is -2.43. The average Bonchev–Trinajstić information content (AvgIpc) is 3.54. The van der Waals surface area contributed by atoms with Crippen molar-refractivity contribution in [3.05, 3.63) is 52.2 Å². The van der Waals surface area contributed by atoms with E-state index in [2.05, 4.69) is 28.2 Å². The fraction of sp³-hybridized carbons (Fsp3) is 0.464. The number of anilines is 2. The number of aromatic nitrogens is 4. The second-order valence-electron chi connectivity index (χ2n) is 10.7. The first-order chi connectivity index (χ1) is 18.9. The van der Waals surface area contributed by atoms with Gasteiger partial charge in [-0.1, -0.05) is 0 Å². The second-order valence-corrected chi connectivity index (χ2v) is 11.9. The molecule has 0 aromatic carbocycles. The van der Waals surface area contributed by atoms with Gasteiger partial charge in [0, 0.05) is 48.0 Å². The lowest BCUT2D eigenvalue weighted by Gasteiger charge is -2.40. The van der Waals surface area contributed by atoms with Gasteiger partial charge < -0.3 is 21.7 Å². The zero-order valence-electron chi connectivity index (χ0n) is 22.1. The van der Waals surface area contributed by atoms with Crippen LogP contribution in [0, 0.1) is 11.3 Å². The van der Waals surface area contributed by atoms with Crippen molar-refractivity contribution >= 4 is 33.6 Å². The van der Waals surface area contributed by atoms with Gasteiger partial charge in [-0.2, -0.15) is 5.26 Å². The Bertz CT molecular complexity index is 1490. The molecule has 0 radical (unpaired) electrons. The monoisotopic (exact) mass is 543 g/mol. The summed E-state index contributed by atoms with van der Waals surface area (Å²) in [5.74, 6) is 1.77. The predicted molar refractivity (Wildman–Crippen MR) is 151 cm³/mol. The predicted octanol–water partition coefficient (Wildman–Crippen LogP) is 3.06. The molecule has 1 spiro atoms. The molecule has 1 saturated carbocycles. The summed E-state index contributed by atoms with van der Waals surface area (Å²) >= 11 is 1.45. The highest BCUT2D eigenvalue weighted by Crippen LogP contribution is 2.52. The summed E-state index contributed by atoms with van der Waals surface area (Å²) in [5.41, 5.74) is 14.5. The quantitative estimate of drug-likeness (QED) is 0.423. The van der Waals surface area contributed by atoms with E-state index >= 15 is 0 Å². The van der Waals surface area contributed by atoms with E-state index in [9.17, 15) is 10.1 Å². The number of hydrogen-bond acceptors (Lipinski definition) is 10. The van der Waals surface area contributed by atoms with Gasteiger partial charge in [-0.15, -0.1) is 11.3 Å². The van der Waals surface area contributed by atoms with Gasteiger partial charge in [-0.25, -0.2) is 15.0 Å². The van der Waals surface area contributed by atoms with E-state index in [4.69, 9.17) is 21.4 Å². The molecule has 1 aliphatic heterocycles. The number of nitrogens with one attached hydrogen (secondary N) is 1. The van der Waals surface area contributed by atoms with E-state index in [1.54, 1.807) is 12.5 Å². The summed E-state index contributed by atoms with van der Waals surface area (Å²) in [4.78, 5) is 31.6. The second kappa shape index (κ2) is 10.1. The molecule has 3 aromatic heterocycles. The molecular weight excluding hydrogens is 510 g/mol. The maximum atomic E-state index is 14.4. The lowest BCUT2D eigenvalue weighted by molar-refractivity contribution is -0.122. The highest BCUT2D eigenvalue weighted by Gasteiger charge is 2.49. The highest BCUT2D eigenvalue weighted by atomic mass is 32.1. The number of nitrogens with two attached hydrogens (primary N) is 2. The Morgan fingerprint density at radius 1 is 1.23 bits per heavy atom. The number of nitrogens with zero attached hydrogens (tertiary/aromatic N) is 6. The number of nitrogen functional groups attached to an aromatic ring is 1. The van der Waals surface area contributed by atoms with Crippen LogP contribution in [0.4, 0.5) is 10.8 Å². The molecule has 3 aliphatic rings. The highest BCUT2D eigenvalue weighted by molar-refractivity contribution is 7.16. The summed E-state index contributed by atoms with van der Waals surface area (Å²) in [6.45, 7) is 4.83. The molecule has 5 N–H and O–H groups in total. The van der Waals surface area contributed by atoms with Crippen molar-refractivity contribution in [2.75, 3.05) is 30.3 Å². The summed E-state index contributed by atoms with van der Waals surface area (Å²) in [5, 5.41) is 13.9. The van der Waals surface area contributed by atoms with Crippen molar-refractivity contribution in [1.29, 1.82) is 5.26 Å². The van der Waals surface area contributed by atoms with Gasteiger partial charge in [0.25, 0.3) is 0 Å². The third kappa shape index (κ3) is 4.28. The first kappa shape index (κ1) is 25.5. The van der Waals surface area contributed by atoms with Gasteiger partial charge in [0.1, 0.15) is 29.0 Å². The molecule has 11 heteroatoms. The van der Waals surface area contributed by atoms with Crippen molar-refractivity contribution in [2.24, 2.45) is 5.73 Å². The molecule has 39 heavy (non-hydrogen) atoms. The summed E-state index contributed by atoms with van der Waals surface area (Å²) in [6.07, 6.45) is 10.7. The summed E-state index contributed by atoms with van der Waals surface area (Å²) in [6, 6.07) is 4.47. The molecule has 0 bridgehead atoms. The van der Waals surface area contributed by atoms with Gasteiger partial charge in [0.05, 0.1) is 16.7 Å². The van der Waals surface area contributed by atoms with Crippen molar-refractivity contribution in [2.45, 2.75) is 63.3 Å². The molecular formula is C28H33N9OS. The smallest absolute Gasteiger partial charge is 0.179 e. The van der Waals surface area contributed by atoms with E-state index in [1.807, 2.05) is 16.8 Å². The fourth-order valence-corrected chi connectivity index (χ4v) is 7.65. The van der Waals surface area contributed by atoms with Crippen molar-refractivity contribution in [3.63, 3.8) is 0 Å². The number of carbonyl (C=O) groups is 1. The third-order valence-electron chi connectivity index (χ3n) is 8.40. The van der Waals surface area contributed by atoms with E-state index < -0.39 is 5.41 Å². The molecule has 2 atom stereocenters. The largest absolute Gasteiger partial charge is 0.395 e. The fourth-order valence-electron chi connectivity index (χ4n) is 6.49. The number of hydrogen-bond donors (Lipinski definition) is 3. The average molecular weight is 544 g/mol. The van der Waals surface area contributed by atoms with Gasteiger partial charge in [-0.3, -0.25) is 9.36 Å². The topological polar surface area (TPSA) is 152 Å². The molecule has 2 fully saturated rings. The van der Waals surface area contributed by atoms with Crippen molar-refractivity contribution < 1.29 is 4.79 Å². The van der Waals surface area contributed by atoms with Gasteiger partial charge >= 0.3 is 0 Å². The standard InChI is InChI=1S/C28H33N9OS/c1-17-15-32-9-4-11-37(17)22-13-21(36-12-10-33-16-36)34-27(35-22)24(30)18-5-2-7-28(25(18)38)8-3-6-20-23(28)19(14-29)26(31)39-20/h10,12-13,16-17,32H,2-9,11,15,30-31H2,1H3/t17-,28-/m0/s1. The molecule has 1 saturated heterocycles. The minimum atomic E-state index is -0.763. The third-order valence-corrected chi connectivity index (χ3v) is 9.48. The Hall–Kier alpha value is -3.75. The van der Waals surface area contributed by atoms with E-state index in [1.165, 1.54) is 11.3 Å². The molecule has 6 rings (SSSR count). The molecule has 3 aromatic rings. The number of carbonyl (C=O) groups excluding carboxylic acids is 1. The maximum Gasteiger partial charge on any atom is 0.179 e. The minimum Gasteiger partial charge on any atom is -0.395 e. The van der Waals surface area contributed by atoms with Crippen molar-refractivity contribution in [1.82, 2.24) is 24.8 Å². The van der Waals surface area contributed by atoms with Crippen LogP contribution in [0.15, 0.2) is 30.4 Å². The molecule has 202 valence electrons. The maximum absolute atomic E-state index is 14.4. The van der Waals surface area contributed by atoms with Crippen LogP contribution in [-0.4, -0.2) is 51.0 Å². The molecule has 4 heterocycles. The Balaban J connectivity index is 1.47. The normalized spacial score (nSPS) is 24.8. The molecule has 2 aliphatic carbocycles. The Morgan fingerprint density at radius 2 is 2.03 bits per heavy atom. The van der Waals surface area contributed by atoms with Crippen molar-refractivity contribution in [3.8, 4) is 11.9 Å². The SMILES string of the molecule is C[C@H]1CNCCCN1c1cc(-n2ccnc2)nc(C(N)=C2CCC[C@@]3(CCCc4sc(N)c(C#N)c43)C2=O)n1. The number of nitriles is 1. The van der Waals surface area contributed by atoms with Gasteiger partial charge in [-0.05, 0) is 64.0 Å². The number of rotatable bonds is 3. The minimum absolute atomic E-state index is 0.00738. The van der Waals surface area contributed by atoms with Crippen LogP contribution in [0.2, 0.25) is 0 Å². The molecule has 10 nitrogen and oxygen atoms in total. The zero-order chi connectivity index (χ0) is 27.1. The van der Waals surface area contributed by atoms with Crippen LogP contribution in [-0.2, 0) is 16.6 Å². The van der Waals surface area contributed by atoms with Crippen LogP contribution in [0.25, 0.3) is 11.5 Å². The number of aryl methyl sites for hydroxylation is 1. The summed E-state index contributed by atoms with van der Waals surface area (Å²) in [7, 11) is 0. The van der Waals surface area contributed by atoms with Crippen LogP contribution >= 0.6 is 11.3 Å². The van der Waals surface area contributed by atoms with E-state index in [0.717, 1.165) is 61.6 Å². The van der Waals surface area contributed by atoms with Crippen LogP contribution in [0.3, 0.4) is 0 Å². The number of imidazole rings is 1. The number of fused-ring (bicyclic) bond motifs is 2. The van der Waals surface area contributed by atoms with Gasteiger partial charge in [0.15, 0.2) is 11.6 Å². The number of ketones is 1. The lowest BCUT2D eigenvalue weighted by atomic mass is 9.61. The number of allylic oxidation sites excluding steroid dienone is 1. The van der Waals surface area contributed by atoms with Gasteiger partial charge in [0.2, 0.25) is 0 Å². The first-order valence-electron chi connectivity index (χ1n) is 13.6. The van der Waals surface area contributed by atoms with Crippen LogP contribution < -0.4 is 21.7 Å². The molecule has 0 unspecified atom stereocenters. The molecule has 0 amide bonds. The van der Waals surface area contributed by atoms with E-state index in [0.29, 0.717) is 52.7 Å².